The number of ether oxygens (including phenoxy) is 1. The molecule has 0 spiro atoms. The number of aromatic nitrogens is 1. The summed E-state index contributed by atoms with van der Waals surface area (Å²) in [5.74, 6) is -1.15. The molecule has 1 amide bonds. The van der Waals surface area contributed by atoms with Gasteiger partial charge >= 0.3 is 0 Å². The van der Waals surface area contributed by atoms with Crippen LogP contribution in [0.3, 0.4) is 0 Å². The zero-order valence-electron chi connectivity index (χ0n) is 17.9. The normalized spacial score (nSPS) is 17.5. The lowest BCUT2D eigenvalue weighted by Crippen LogP contribution is -2.29. The molecule has 33 heavy (non-hydrogen) atoms. The van der Waals surface area contributed by atoms with Crippen molar-refractivity contribution in [1.29, 1.82) is 0 Å². The van der Waals surface area contributed by atoms with E-state index in [-0.39, 0.29) is 22.9 Å². The first-order valence-electron chi connectivity index (χ1n) is 10.1. The molecule has 168 valence electrons. The first-order valence-corrected chi connectivity index (χ1v) is 10.8. The van der Waals surface area contributed by atoms with Gasteiger partial charge in [-0.1, -0.05) is 35.3 Å². The maximum Gasteiger partial charge on any atom is 0.295 e. The van der Waals surface area contributed by atoms with Crippen LogP contribution in [-0.4, -0.2) is 33.8 Å². The van der Waals surface area contributed by atoms with Gasteiger partial charge in [-0.15, -0.1) is 0 Å². The molecule has 0 radical (unpaired) electrons. The van der Waals surface area contributed by atoms with Gasteiger partial charge in [-0.2, -0.15) is 0 Å². The average molecular weight is 483 g/mol. The van der Waals surface area contributed by atoms with Crippen LogP contribution in [0.2, 0.25) is 10.0 Å². The Kier molecular flexibility index (Phi) is 6.40. The van der Waals surface area contributed by atoms with Gasteiger partial charge in [-0.05, 0) is 60.0 Å². The number of rotatable bonds is 5. The van der Waals surface area contributed by atoms with Crippen molar-refractivity contribution < 1.29 is 19.4 Å². The molecular weight excluding hydrogens is 463 g/mol. The minimum atomic E-state index is -0.860. The molecule has 0 aliphatic carbocycles. The van der Waals surface area contributed by atoms with Crippen LogP contribution in [0.1, 0.15) is 28.3 Å². The number of ketones is 1. The van der Waals surface area contributed by atoms with E-state index in [1.165, 1.54) is 4.90 Å². The predicted molar refractivity (Wildman–Crippen MR) is 126 cm³/mol. The highest BCUT2D eigenvalue weighted by atomic mass is 35.5. The number of aryl methyl sites for hydroxylation is 1. The van der Waals surface area contributed by atoms with Crippen molar-refractivity contribution in [1.82, 2.24) is 9.88 Å². The Bertz CT molecular complexity index is 1270. The smallest absolute Gasteiger partial charge is 0.295 e. The Morgan fingerprint density at radius 2 is 1.91 bits per heavy atom. The number of halogens is 2. The van der Waals surface area contributed by atoms with Crippen molar-refractivity contribution in [3.05, 3.63) is 98.8 Å². The molecule has 1 saturated heterocycles. The number of carbonyl (C=O) groups is 2. The van der Waals surface area contributed by atoms with E-state index >= 15 is 0 Å². The van der Waals surface area contributed by atoms with Crippen LogP contribution in [0.25, 0.3) is 5.76 Å². The van der Waals surface area contributed by atoms with Gasteiger partial charge in [0, 0.05) is 24.5 Å². The molecule has 0 bridgehead atoms. The summed E-state index contributed by atoms with van der Waals surface area (Å²) in [5, 5.41) is 11.9. The van der Waals surface area contributed by atoms with Crippen molar-refractivity contribution in [3.8, 4) is 5.75 Å². The van der Waals surface area contributed by atoms with E-state index < -0.39 is 17.7 Å². The number of methoxy groups -OCH3 is 1. The second kappa shape index (κ2) is 9.25. The molecule has 0 unspecified atom stereocenters. The largest absolute Gasteiger partial charge is 0.507 e. The predicted octanol–water partition coefficient (Wildman–Crippen LogP) is 5.33. The van der Waals surface area contributed by atoms with Gasteiger partial charge in [0.2, 0.25) is 0 Å². The fourth-order valence-corrected chi connectivity index (χ4v) is 4.24. The van der Waals surface area contributed by atoms with Gasteiger partial charge in [-0.3, -0.25) is 14.6 Å². The van der Waals surface area contributed by atoms with Crippen LogP contribution < -0.4 is 4.74 Å². The summed E-state index contributed by atoms with van der Waals surface area (Å²) in [4.78, 5) is 31.8. The molecule has 6 nitrogen and oxygen atoms in total. The highest BCUT2D eigenvalue weighted by molar-refractivity contribution is 6.46. The van der Waals surface area contributed by atoms with Crippen LogP contribution in [0.4, 0.5) is 0 Å². The Morgan fingerprint density at radius 1 is 1.12 bits per heavy atom. The lowest BCUT2D eigenvalue weighted by Gasteiger charge is -2.25. The third-order valence-electron chi connectivity index (χ3n) is 5.56. The Morgan fingerprint density at radius 3 is 2.55 bits per heavy atom. The van der Waals surface area contributed by atoms with Crippen LogP contribution in [-0.2, 0) is 16.1 Å². The number of aliphatic hydroxyl groups is 1. The number of hydrogen-bond donors (Lipinski definition) is 1. The molecule has 1 N–H and O–H groups in total. The lowest BCUT2D eigenvalue weighted by atomic mass is 9.93. The van der Waals surface area contributed by atoms with Gasteiger partial charge < -0.3 is 14.7 Å². The standard InChI is InChI=1S/C25H20Cl2N2O4/c1-14-10-17(33-2)6-7-18(14)23(30)21-22(16-5-8-19(26)20(27)11-16)29(25(32)24(21)31)13-15-4-3-9-28-12-15/h3-12,22,30H,13H2,1-2H3/b23-21+/t22-/m0/s1. The third-order valence-corrected chi connectivity index (χ3v) is 6.30. The monoisotopic (exact) mass is 482 g/mol. The summed E-state index contributed by atoms with van der Waals surface area (Å²) < 4.78 is 5.23. The number of amides is 1. The number of carbonyl (C=O) groups excluding carboxylic acids is 2. The fourth-order valence-electron chi connectivity index (χ4n) is 3.93. The minimum Gasteiger partial charge on any atom is -0.507 e. The van der Waals surface area contributed by atoms with Crippen molar-refractivity contribution >= 4 is 40.7 Å². The highest BCUT2D eigenvalue weighted by Gasteiger charge is 2.46. The molecule has 2 heterocycles. The zero-order valence-corrected chi connectivity index (χ0v) is 19.4. The molecule has 1 aliphatic rings. The molecular formula is C25H20Cl2N2O4. The topological polar surface area (TPSA) is 79.7 Å². The van der Waals surface area contributed by atoms with Crippen LogP contribution in [0, 0.1) is 6.92 Å². The molecule has 1 aliphatic heterocycles. The van der Waals surface area contributed by atoms with E-state index in [1.807, 2.05) is 6.07 Å². The summed E-state index contributed by atoms with van der Waals surface area (Å²) in [6, 6.07) is 12.7. The summed E-state index contributed by atoms with van der Waals surface area (Å²) >= 11 is 12.3. The van der Waals surface area contributed by atoms with Gasteiger partial charge in [0.05, 0.1) is 28.8 Å². The molecule has 8 heteroatoms. The highest BCUT2D eigenvalue weighted by Crippen LogP contribution is 2.42. The number of benzene rings is 2. The second-order valence-electron chi connectivity index (χ2n) is 7.64. The first kappa shape index (κ1) is 22.8. The zero-order chi connectivity index (χ0) is 23.7. The Labute approximate surface area is 201 Å². The molecule has 1 fully saturated rings. The van der Waals surface area contributed by atoms with Gasteiger partial charge in [0.25, 0.3) is 11.7 Å². The fraction of sp³-hybridized carbons (Fsp3) is 0.160. The number of Topliss-reactive ketones (excluding diaryl/α,β-unsaturated/α-hetero) is 1. The maximum atomic E-state index is 13.2. The molecule has 1 aromatic heterocycles. The molecule has 3 aromatic rings. The molecule has 0 saturated carbocycles. The first-order chi connectivity index (χ1) is 15.8. The average Bonchev–Trinajstić information content (AvgIpc) is 3.06. The molecule has 1 atom stereocenters. The number of pyridine rings is 1. The van der Waals surface area contributed by atoms with E-state index in [0.29, 0.717) is 27.5 Å². The van der Waals surface area contributed by atoms with Gasteiger partial charge in [-0.25, -0.2) is 0 Å². The number of likely N-dealkylation sites (tertiary alicyclic amines) is 1. The summed E-state index contributed by atoms with van der Waals surface area (Å²) in [6.07, 6.45) is 3.25. The van der Waals surface area contributed by atoms with Crippen LogP contribution in [0.5, 0.6) is 5.75 Å². The number of hydrogen-bond acceptors (Lipinski definition) is 5. The Hall–Kier alpha value is -3.35. The van der Waals surface area contributed by atoms with Crippen LogP contribution >= 0.6 is 23.2 Å². The van der Waals surface area contributed by atoms with E-state index in [9.17, 15) is 14.7 Å². The lowest BCUT2D eigenvalue weighted by molar-refractivity contribution is -0.140. The van der Waals surface area contributed by atoms with E-state index in [0.717, 1.165) is 5.56 Å². The van der Waals surface area contributed by atoms with Crippen LogP contribution in [0.15, 0.2) is 66.5 Å². The van der Waals surface area contributed by atoms with Crippen molar-refractivity contribution in [2.45, 2.75) is 19.5 Å². The summed E-state index contributed by atoms with van der Waals surface area (Å²) in [6.45, 7) is 1.92. The van der Waals surface area contributed by atoms with Gasteiger partial charge in [0.1, 0.15) is 11.5 Å². The third kappa shape index (κ3) is 4.32. The minimum absolute atomic E-state index is 0.0180. The van der Waals surface area contributed by atoms with Crippen molar-refractivity contribution in [2.24, 2.45) is 0 Å². The number of aliphatic hydroxyl groups excluding tert-OH is 1. The van der Waals surface area contributed by atoms with Gasteiger partial charge in [0.15, 0.2) is 0 Å². The Balaban J connectivity index is 1.90. The molecule has 4 rings (SSSR count). The van der Waals surface area contributed by atoms with Crippen molar-refractivity contribution in [3.63, 3.8) is 0 Å². The quantitative estimate of drug-likeness (QED) is 0.302. The van der Waals surface area contributed by atoms with E-state index in [4.69, 9.17) is 27.9 Å². The number of nitrogens with zero attached hydrogens (tertiary/aromatic N) is 2. The maximum absolute atomic E-state index is 13.2. The molecule has 2 aromatic carbocycles. The van der Waals surface area contributed by atoms with E-state index in [1.54, 1.807) is 68.9 Å². The van der Waals surface area contributed by atoms with E-state index in [2.05, 4.69) is 4.98 Å². The summed E-state index contributed by atoms with van der Waals surface area (Å²) in [7, 11) is 1.54. The summed E-state index contributed by atoms with van der Waals surface area (Å²) in [5.41, 5.74) is 2.40. The second-order valence-corrected chi connectivity index (χ2v) is 8.46. The SMILES string of the molecule is COc1ccc(/C(O)=C2\C(=O)C(=O)N(Cc3cccnc3)[C@H]2c2ccc(Cl)c(Cl)c2)c(C)c1. The van der Waals surface area contributed by atoms with Crippen molar-refractivity contribution in [2.75, 3.05) is 7.11 Å².